The van der Waals surface area contributed by atoms with Crippen LogP contribution in [0.15, 0.2) is 30.6 Å². The van der Waals surface area contributed by atoms with E-state index in [1.807, 2.05) is 23.0 Å². The van der Waals surface area contributed by atoms with E-state index in [0.717, 1.165) is 31.9 Å². The van der Waals surface area contributed by atoms with Crippen LogP contribution in [-0.4, -0.2) is 14.7 Å². The van der Waals surface area contributed by atoms with Crippen LogP contribution in [0.25, 0.3) is 0 Å². The highest BCUT2D eigenvalue weighted by Gasteiger charge is 2.20. The summed E-state index contributed by atoms with van der Waals surface area (Å²) in [6.45, 7) is 5.89. The molecule has 4 nitrogen and oxygen atoms in total. The Bertz CT molecular complexity index is 559. The maximum absolute atomic E-state index is 6.01. The van der Waals surface area contributed by atoms with Gasteiger partial charge in [0.2, 0.25) is 0 Å². The molecule has 0 saturated heterocycles. The van der Waals surface area contributed by atoms with Gasteiger partial charge in [-0.05, 0) is 24.1 Å². The number of nitrogens with zero attached hydrogens (tertiary/aromatic N) is 3. The highest BCUT2D eigenvalue weighted by Crippen LogP contribution is 2.28. The molecule has 0 aliphatic carbocycles. The lowest BCUT2D eigenvalue weighted by molar-refractivity contribution is 0.275. The fourth-order valence-corrected chi connectivity index (χ4v) is 2.55. The molecule has 2 aromatic rings. The van der Waals surface area contributed by atoms with E-state index in [-0.39, 0.29) is 0 Å². The zero-order valence-electron chi connectivity index (χ0n) is 10.6. The van der Waals surface area contributed by atoms with Crippen LogP contribution in [-0.2, 0) is 26.2 Å². The van der Waals surface area contributed by atoms with Crippen molar-refractivity contribution in [3.63, 3.8) is 0 Å². The standard InChI is InChI=1S/C14H18N4/c1-2-18-8-11(6-16-18)7-17-9-12-4-3-5-14(15)13(12)10-17/h3-6,8H,2,7,9-10,15H2,1H3. The summed E-state index contributed by atoms with van der Waals surface area (Å²) in [5.41, 5.74) is 10.8. The largest absolute Gasteiger partial charge is 0.398 e. The molecule has 1 aliphatic heterocycles. The minimum Gasteiger partial charge on any atom is -0.398 e. The van der Waals surface area contributed by atoms with Gasteiger partial charge in [0.15, 0.2) is 0 Å². The van der Waals surface area contributed by atoms with Crippen LogP contribution in [0.2, 0.25) is 0 Å². The molecule has 0 spiro atoms. The molecule has 2 N–H and O–H groups in total. The van der Waals surface area contributed by atoms with E-state index in [0.29, 0.717) is 0 Å². The summed E-state index contributed by atoms with van der Waals surface area (Å²) in [5, 5.41) is 4.31. The summed E-state index contributed by atoms with van der Waals surface area (Å²) in [5.74, 6) is 0. The van der Waals surface area contributed by atoms with Gasteiger partial charge < -0.3 is 5.73 Å². The summed E-state index contributed by atoms with van der Waals surface area (Å²) >= 11 is 0. The van der Waals surface area contributed by atoms with Crippen molar-refractivity contribution in [1.82, 2.24) is 14.7 Å². The zero-order chi connectivity index (χ0) is 12.5. The van der Waals surface area contributed by atoms with Crippen molar-refractivity contribution in [3.8, 4) is 0 Å². The van der Waals surface area contributed by atoms with Crippen LogP contribution in [0.5, 0.6) is 0 Å². The average molecular weight is 242 g/mol. The first-order valence-electron chi connectivity index (χ1n) is 6.36. The molecule has 0 saturated carbocycles. The predicted molar refractivity (Wildman–Crippen MR) is 71.7 cm³/mol. The molecular weight excluding hydrogens is 224 g/mol. The summed E-state index contributed by atoms with van der Waals surface area (Å²) in [6, 6.07) is 6.19. The number of nitrogens with two attached hydrogens (primary N) is 1. The smallest absolute Gasteiger partial charge is 0.0534 e. The Hall–Kier alpha value is -1.81. The minimum atomic E-state index is 0.916. The lowest BCUT2D eigenvalue weighted by Crippen LogP contribution is -2.15. The average Bonchev–Trinajstić information content (AvgIpc) is 2.96. The molecule has 3 rings (SSSR count). The second-order valence-corrected chi connectivity index (χ2v) is 4.83. The molecule has 0 radical (unpaired) electrons. The van der Waals surface area contributed by atoms with E-state index in [2.05, 4.69) is 29.2 Å². The van der Waals surface area contributed by atoms with Gasteiger partial charge in [-0.1, -0.05) is 12.1 Å². The first-order valence-corrected chi connectivity index (χ1v) is 6.36. The van der Waals surface area contributed by atoms with Gasteiger partial charge in [-0.25, -0.2) is 0 Å². The van der Waals surface area contributed by atoms with Gasteiger partial charge in [-0.2, -0.15) is 5.10 Å². The number of fused-ring (bicyclic) bond motifs is 1. The Morgan fingerprint density at radius 3 is 2.94 bits per heavy atom. The van der Waals surface area contributed by atoms with Crippen LogP contribution < -0.4 is 5.73 Å². The van der Waals surface area contributed by atoms with Crippen molar-refractivity contribution < 1.29 is 0 Å². The minimum absolute atomic E-state index is 0.916. The quantitative estimate of drug-likeness (QED) is 0.837. The Morgan fingerprint density at radius 1 is 1.33 bits per heavy atom. The number of hydrogen-bond donors (Lipinski definition) is 1. The molecule has 2 heterocycles. The van der Waals surface area contributed by atoms with E-state index >= 15 is 0 Å². The number of rotatable bonds is 3. The van der Waals surface area contributed by atoms with Gasteiger partial charge in [0.25, 0.3) is 0 Å². The molecule has 0 amide bonds. The van der Waals surface area contributed by atoms with Crippen LogP contribution in [0, 0.1) is 0 Å². The van der Waals surface area contributed by atoms with Crippen molar-refractivity contribution in [2.75, 3.05) is 5.73 Å². The lowest BCUT2D eigenvalue weighted by atomic mass is 10.1. The van der Waals surface area contributed by atoms with E-state index in [1.165, 1.54) is 16.7 Å². The molecule has 0 unspecified atom stereocenters. The van der Waals surface area contributed by atoms with Gasteiger partial charge in [0.05, 0.1) is 6.20 Å². The normalized spacial score (nSPS) is 14.9. The predicted octanol–water partition coefficient (Wildman–Crippen LogP) is 2.00. The van der Waals surface area contributed by atoms with E-state index in [1.54, 1.807) is 0 Å². The molecule has 1 aromatic carbocycles. The molecule has 1 aromatic heterocycles. The van der Waals surface area contributed by atoms with Crippen molar-refractivity contribution in [2.24, 2.45) is 0 Å². The highest BCUT2D eigenvalue weighted by molar-refractivity contribution is 5.52. The van der Waals surface area contributed by atoms with Crippen molar-refractivity contribution >= 4 is 5.69 Å². The van der Waals surface area contributed by atoms with Crippen LogP contribution in [0.3, 0.4) is 0 Å². The SMILES string of the molecule is CCn1cc(CN2Cc3cccc(N)c3C2)cn1. The van der Waals surface area contributed by atoms with Crippen molar-refractivity contribution in [2.45, 2.75) is 33.1 Å². The maximum atomic E-state index is 6.01. The number of nitrogen functional groups attached to an aromatic ring is 1. The van der Waals surface area contributed by atoms with Crippen LogP contribution in [0.1, 0.15) is 23.6 Å². The van der Waals surface area contributed by atoms with Crippen molar-refractivity contribution in [1.29, 1.82) is 0 Å². The van der Waals surface area contributed by atoms with Gasteiger partial charge in [-0.15, -0.1) is 0 Å². The summed E-state index contributed by atoms with van der Waals surface area (Å²) in [6.07, 6.45) is 4.07. The third-order valence-electron chi connectivity index (χ3n) is 3.50. The van der Waals surface area contributed by atoms with Gasteiger partial charge in [0.1, 0.15) is 0 Å². The fraction of sp³-hybridized carbons (Fsp3) is 0.357. The zero-order valence-corrected chi connectivity index (χ0v) is 10.6. The summed E-state index contributed by atoms with van der Waals surface area (Å²) in [4.78, 5) is 2.40. The molecule has 1 aliphatic rings. The molecular formula is C14H18N4. The Morgan fingerprint density at radius 2 is 2.22 bits per heavy atom. The third-order valence-corrected chi connectivity index (χ3v) is 3.50. The first kappa shape index (κ1) is 11.3. The lowest BCUT2D eigenvalue weighted by Gasteiger charge is -2.13. The highest BCUT2D eigenvalue weighted by atomic mass is 15.3. The second kappa shape index (κ2) is 4.46. The summed E-state index contributed by atoms with van der Waals surface area (Å²) in [7, 11) is 0. The molecule has 94 valence electrons. The van der Waals surface area contributed by atoms with Crippen LogP contribution in [0.4, 0.5) is 5.69 Å². The molecule has 0 atom stereocenters. The molecule has 0 fully saturated rings. The molecule has 4 heteroatoms. The number of anilines is 1. The number of hydrogen-bond acceptors (Lipinski definition) is 3. The topological polar surface area (TPSA) is 47.1 Å². The maximum Gasteiger partial charge on any atom is 0.0534 e. The number of benzene rings is 1. The van der Waals surface area contributed by atoms with Crippen LogP contribution >= 0.6 is 0 Å². The fourth-order valence-electron chi connectivity index (χ4n) is 2.55. The number of aryl methyl sites for hydroxylation is 1. The van der Waals surface area contributed by atoms with Gasteiger partial charge in [0, 0.05) is 43.6 Å². The van der Waals surface area contributed by atoms with E-state index in [9.17, 15) is 0 Å². The van der Waals surface area contributed by atoms with E-state index < -0.39 is 0 Å². The Balaban J connectivity index is 1.72. The Kier molecular flexibility index (Phi) is 2.80. The summed E-state index contributed by atoms with van der Waals surface area (Å²) < 4.78 is 1.97. The monoisotopic (exact) mass is 242 g/mol. The van der Waals surface area contributed by atoms with Crippen molar-refractivity contribution in [3.05, 3.63) is 47.3 Å². The molecule has 0 bridgehead atoms. The Labute approximate surface area is 107 Å². The first-order chi connectivity index (χ1) is 8.76. The second-order valence-electron chi connectivity index (χ2n) is 4.83. The van der Waals surface area contributed by atoms with Gasteiger partial charge in [-0.3, -0.25) is 9.58 Å². The van der Waals surface area contributed by atoms with E-state index in [4.69, 9.17) is 5.73 Å². The molecule has 18 heavy (non-hydrogen) atoms. The third kappa shape index (κ3) is 1.99. The van der Waals surface area contributed by atoms with Gasteiger partial charge >= 0.3 is 0 Å². The number of aromatic nitrogens is 2.